The van der Waals surface area contributed by atoms with Gasteiger partial charge in [0.2, 0.25) is 11.1 Å². The molecule has 10 heteroatoms. The second-order valence-corrected chi connectivity index (χ2v) is 9.54. The van der Waals surface area contributed by atoms with Crippen LogP contribution in [-0.4, -0.2) is 39.2 Å². The Morgan fingerprint density at radius 2 is 1.69 bits per heavy atom. The maximum absolute atomic E-state index is 13.5. The fraction of sp³-hybridized carbons (Fsp3) is 0.0909. The van der Waals surface area contributed by atoms with Gasteiger partial charge in [0, 0.05) is 11.9 Å². The lowest BCUT2D eigenvalue weighted by Gasteiger charge is -2.11. The first-order chi connectivity index (χ1) is 15.4. The number of nitrogens with one attached hydrogen (secondary N) is 1. The number of hydrogen-bond acceptors (Lipinski definition) is 7. The van der Waals surface area contributed by atoms with Gasteiger partial charge in [0.1, 0.15) is 5.69 Å². The fourth-order valence-corrected chi connectivity index (χ4v) is 5.26. The van der Waals surface area contributed by atoms with Crippen LogP contribution in [0.3, 0.4) is 0 Å². The van der Waals surface area contributed by atoms with Crippen LogP contribution in [-0.2, 0) is 14.8 Å². The molecule has 32 heavy (non-hydrogen) atoms. The Balaban J connectivity index is 1.68. The molecule has 0 spiro atoms. The van der Waals surface area contributed by atoms with Crippen LogP contribution in [0, 0.1) is 6.92 Å². The third-order valence-electron chi connectivity index (χ3n) is 4.44. The van der Waals surface area contributed by atoms with Crippen molar-refractivity contribution in [1.82, 2.24) is 19.2 Å². The molecule has 0 saturated carbocycles. The minimum absolute atomic E-state index is 0.0430. The van der Waals surface area contributed by atoms with Gasteiger partial charge in [0.15, 0.2) is 5.82 Å². The summed E-state index contributed by atoms with van der Waals surface area (Å²) < 4.78 is 28.0. The molecule has 8 nitrogen and oxygen atoms in total. The third kappa shape index (κ3) is 4.71. The molecule has 0 bridgehead atoms. The van der Waals surface area contributed by atoms with E-state index in [9.17, 15) is 13.2 Å². The third-order valence-corrected chi connectivity index (χ3v) is 7.18. The predicted octanol–water partition coefficient (Wildman–Crippen LogP) is 3.62. The minimum atomic E-state index is -4.03. The van der Waals surface area contributed by atoms with Crippen molar-refractivity contribution in [3.63, 3.8) is 0 Å². The van der Waals surface area contributed by atoms with Crippen LogP contribution in [0.5, 0.6) is 0 Å². The van der Waals surface area contributed by atoms with E-state index in [1.807, 2.05) is 25.1 Å². The summed E-state index contributed by atoms with van der Waals surface area (Å²) in [7, 11) is -4.03. The number of anilines is 1. The molecule has 4 aromatic rings. The molecule has 0 aliphatic rings. The Bertz CT molecular complexity index is 1320. The van der Waals surface area contributed by atoms with Crippen molar-refractivity contribution in [3.05, 3.63) is 84.6 Å². The van der Waals surface area contributed by atoms with Crippen molar-refractivity contribution in [3.8, 4) is 11.5 Å². The molecule has 162 valence electrons. The highest BCUT2D eigenvalue weighted by atomic mass is 32.2. The van der Waals surface area contributed by atoms with E-state index in [1.165, 1.54) is 12.1 Å². The van der Waals surface area contributed by atoms with Gasteiger partial charge in [-0.15, -0.1) is 10.2 Å². The number of benzene rings is 2. The van der Waals surface area contributed by atoms with Gasteiger partial charge >= 0.3 is 0 Å². The van der Waals surface area contributed by atoms with Gasteiger partial charge in [0.25, 0.3) is 10.0 Å². The highest BCUT2D eigenvalue weighted by molar-refractivity contribution is 8.00. The van der Waals surface area contributed by atoms with E-state index in [4.69, 9.17) is 0 Å². The number of thioether (sulfide) groups is 1. The number of rotatable bonds is 7. The SMILES string of the molecule is Cc1ccc(S(=O)(=O)n2c(SCC(=O)Nc3ccccc3)nnc2-c2ccccn2)cc1. The number of pyridine rings is 1. The van der Waals surface area contributed by atoms with Crippen molar-refractivity contribution in [2.45, 2.75) is 17.0 Å². The first-order valence-electron chi connectivity index (χ1n) is 9.62. The normalized spacial score (nSPS) is 11.3. The highest BCUT2D eigenvalue weighted by Gasteiger charge is 2.28. The fourth-order valence-electron chi connectivity index (χ4n) is 2.88. The van der Waals surface area contributed by atoms with Crippen LogP contribution in [0.2, 0.25) is 0 Å². The van der Waals surface area contributed by atoms with Crippen LogP contribution in [0.1, 0.15) is 5.56 Å². The first kappa shape index (κ1) is 21.7. The van der Waals surface area contributed by atoms with Gasteiger partial charge in [0.05, 0.1) is 10.6 Å². The summed E-state index contributed by atoms with van der Waals surface area (Å²) >= 11 is 0.985. The predicted molar refractivity (Wildman–Crippen MR) is 123 cm³/mol. The Hall–Kier alpha value is -3.50. The molecule has 0 atom stereocenters. The van der Waals surface area contributed by atoms with Crippen LogP contribution in [0.15, 0.2) is 89.0 Å². The van der Waals surface area contributed by atoms with E-state index in [0.29, 0.717) is 11.4 Å². The number of carbonyl (C=O) groups excluding carboxylic acids is 1. The molecule has 0 saturated heterocycles. The van der Waals surface area contributed by atoms with Crippen molar-refractivity contribution < 1.29 is 13.2 Å². The number of hydrogen-bond donors (Lipinski definition) is 1. The van der Waals surface area contributed by atoms with Crippen LogP contribution in [0.25, 0.3) is 11.5 Å². The molecule has 0 radical (unpaired) electrons. The number of carbonyl (C=O) groups is 1. The summed E-state index contributed by atoms with van der Waals surface area (Å²) in [4.78, 5) is 16.7. The topological polar surface area (TPSA) is 107 Å². The summed E-state index contributed by atoms with van der Waals surface area (Å²) in [6.45, 7) is 1.88. The molecular weight excluding hydrogens is 446 g/mol. The molecule has 2 aromatic heterocycles. The van der Waals surface area contributed by atoms with Gasteiger partial charge in [-0.1, -0.05) is 53.7 Å². The molecule has 2 heterocycles. The van der Waals surface area contributed by atoms with Crippen LogP contribution < -0.4 is 5.32 Å². The first-order valence-corrected chi connectivity index (χ1v) is 12.0. The smallest absolute Gasteiger partial charge is 0.271 e. The second kappa shape index (κ2) is 9.33. The van der Waals surface area contributed by atoms with Gasteiger partial charge in [-0.2, -0.15) is 3.97 Å². The standard InChI is InChI=1S/C22H19N5O3S2/c1-16-10-12-18(13-11-16)32(29,30)27-21(19-9-5-6-14-23-19)25-26-22(27)31-15-20(28)24-17-7-3-2-4-8-17/h2-14H,15H2,1H3,(H,24,28). The van der Waals surface area contributed by atoms with E-state index < -0.39 is 10.0 Å². The number of aromatic nitrogens is 4. The van der Waals surface area contributed by atoms with E-state index >= 15 is 0 Å². The van der Waals surface area contributed by atoms with E-state index in [0.717, 1.165) is 21.3 Å². The largest absolute Gasteiger partial charge is 0.325 e. The number of para-hydroxylation sites is 1. The van der Waals surface area contributed by atoms with Crippen molar-refractivity contribution in [2.24, 2.45) is 0 Å². The lowest BCUT2D eigenvalue weighted by atomic mass is 10.2. The van der Waals surface area contributed by atoms with E-state index in [2.05, 4.69) is 20.5 Å². The average molecular weight is 466 g/mol. The zero-order chi connectivity index (χ0) is 22.6. The van der Waals surface area contributed by atoms with Crippen LogP contribution in [0.4, 0.5) is 5.69 Å². The van der Waals surface area contributed by atoms with Crippen molar-refractivity contribution in [1.29, 1.82) is 0 Å². The van der Waals surface area contributed by atoms with Crippen molar-refractivity contribution in [2.75, 3.05) is 11.1 Å². The van der Waals surface area contributed by atoms with Gasteiger partial charge in [-0.3, -0.25) is 9.78 Å². The van der Waals surface area contributed by atoms with Crippen LogP contribution >= 0.6 is 11.8 Å². The summed E-state index contributed by atoms with van der Waals surface area (Å²) in [5.74, 6) is -0.251. The average Bonchev–Trinajstić information content (AvgIpc) is 3.24. The van der Waals surface area contributed by atoms with E-state index in [1.54, 1.807) is 48.7 Å². The summed E-state index contributed by atoms with van der Waals surface area (Å²) in [5.41, 5.74) is 1.95. The molecule has 1 amide bonds. The van der Waals surface area contributed by atoms with E-state index in [-0.39, 0.29) is 27.5 Å². The second-order valence-electron chi connectivity index (χ2n) is 6.81. The van der Waals surface area contributed by atoms with Gasteiger partial charge in [-0.05, 0) is 43.3 Å². The number of aryl methyl sites for hydroxylation is 1. The lowest BCUT2D eigenvalue weighted by molar-refractivity contribution is -0.113. The summed E-state index contributed by atoms with van der Waals surface area (Å²) in [6, 6.07) is 20.6. The van der Waals surface area contributed by atoms with Crippen molar-refractivity contribution >= 4 is 33.4 Å². The molecule has 1 N–H and O–H groups in total. The molecule has 0 aliphatic heterocycles. The van der Waals surface area contributed by atoms with Gasteiger partial charge in [-0.25, -0.2) is 8.42 Å². The Morgan fingerprint density at radius 3 is 2.38 bits per heavy atom. The highest BCUT2D eigenvalue weighted by Crippen LogP contribution is 2.28. The molecule has 2 aromatic carbocycles. The van der Waals surface area contributed by atoms with Gasteiger partial charge < -0.3 is 5.32 Å². The molecule has 0 unspecified atom stereocenters. The molecule has 4 rings (SSSR count). The Morgan fingerprint density at radius 1 is 0.969 bits per heavy atom. The minimum Gasteiger partial charge on any atom is -0.325 e. The maximum atomic E-state index is 13.5. The monoisotopic (exact) mass is 465 g/mol. The maximum Gasteiger partial charge on any atom is 0.271 e. The zero-order valence-electron chi connectivity index (χ0n) is 17.0. The molecular formula is C22H19N5O3S2. The zero-order valence-corrected chi connectivity index (χ0v) is 18.7. The Labute approximate surface area is 189 Å². The molecule has 0 fully saturated rings. The number of amides is 1. The quantitative estimate of drug-likeness (QED) is 0.416. The Kier molecular flexibility index (Phi) is 6.33. The lowest BCUT2D eigenvalue weighted by Crippen LogP contribution is -2.18. The summed E-state index contributed by atoms with van der Waals surface area (Å²) in [5, 5.41) is 11.0. The molecule has 0 aliphatic carbocycles. The number of nitrogens with zero attached hydrogens (tertiary/aromatic N) is 4. The summed E-state index contributed by atoms with van der Waals surface area (Å²) in [6.07, 6.45) is 1.55.